The summed E-state index contributed by atoms with van der Waals surface area (Å²) in [7, 11) is 0. The molecule has 1 N–H and O–H groups in total. The molecule has 2 heterocycles. The molecule has 0 spiro atoms. The summed E-state index contributed by atoms with van der Waals surface area (Å²) >= 11 is 0. The highest BCUT2D eigenvalue weighted by Gasteiger charge is 2.22. The zero-order valence-electron chi connectivity index (χ0n) is 17.0. The molecule has 0 bridgehead atoms. The monoisotopic (exact) mass is 424 g/mol. The van der Waals surface area contributed by atoms with Crippen LogP contribution in [-0.2, 0) is 11.3 Å². The van der Waals surface area contributed by atoms with Crippen molar-refractivity contribution in [1.82, 2.24) is 9.55 Å². The van der Waals surface area contributed by atoms with Gasteiger partial charge in [-0.25, -0.2) is 9.37 Å². The topological polar surface area (TPSA) is 56.5 Å². The van der Waals surface area contributed by atoms with E-state index < -0.39 is 17.7 Å². The Hall–Kier alpha value is -3.21. The maximum atomic E-state index is 14.6. The second-order valence-electron chi connectivity index (χ2n) is 7.31. The third-order valence-corrected chi connectivity index (χ3v) is 5.03. The quantitative estimate of drug-likeness (QED) is 0.627. The first kappa shape index (κ1) is 21.0. The van der Waals surface area contributed by atoms with E-state index in [1.165, 1.54) is 12.1 Å². The van der Waals surface area contributed by atoms with Crippen LogP contribution in [0.3, 0.4) is 0 Å². The summed E-state index contributed by atoms with van der Waals surface area (Å²) in [5.41, 5.74) is 1.44. The van der Waals surface area contributed by atoms with Crippen LogP contribution < -0.4 is 4.74 Å². The zero-order valence-corrected chi connectivity index (χ0v) is 17.0. The molecular formula is C24H22F2N2O3. The van der Waals surface area contributed by atoms with Gasteiger partial charge in [-0.1, -0.05) is 24.0 Å². The molecule has 160 valence electrons. The van der Waals surface area contributed by atoms with Gasteiger partial charge in [-0.15, -0.1) is 0 Å². The summed E-state index contributed by atoms with van der Waals surface area (Å²) in [6.45, 7) is 2.97. The lowest BCUT2D eigenvalue weighted by atomic mass is 10.0. The van der Waals surface area contributed by atoms with Crippen molar-refractivity contribution in [2.45, 2.75) is 32.1 Å². The van der Waals surface area contributed by atoms with Gasteiger partial charge in [-0.2, -0.15) is 4.39 Å². The molecule has 0 aliphatic carbocycles. The Morgan fingerprint density at radius 3 is 2.74 bits per heavy atom. The lowest BCUT2D eigenvalue weighted by molar-refractivity contribution is 0.137. The maximum Gasteiger partial charge on any atom is 0.201 e. The molecule has 0 radical (unpaired) electrons. The van der Waals surface area contributed by atoms with Crippen molar-refractivity contribution < 1.29 is 23.4 Å². The summed E-state index contributed by atoms with van der Waals surface area (Å²) < 4.78 is 41.6. The van der Waals surface area contributed by atoms with Crippen LogP contribution in [-0.4, -0.2) is 34.0 Å². The second kappa shape index (κ2) is 9.29. The molecule has 0 amide bonds. The Kier molecular flexibility index (Phi) is 6.31. The fraction of sp³-hybridized carbons (Fsp3) is 0.292. The number of aliphatic hydroxyl groups is 1. The van der Waals surface area contributed by atoms with E-state index in [0.29, 0.717) is 37.6 Å². The third-order valence-electron chi connectivity index (χ3n) is 5.03. The number of benzene rings is 2. The summed E-state index contributed by atoms with van der Waals surface area (Å²) in [6, 6.07) is 9.87. The number of hydrogen-bond donors (Lipinski definition) is 1. The minimum Gasteiger partial charge on any atom is -0.485 e. The first-order valence-electron chi connectivity index (χ1n) is 10.0. The van der Waals surface area contributed by atoms with Crippen molar-refractivity contribution in [2.75, 3.05) is 13.2 Å². The molecule has 1 fully saturated rings. The molecule has 1 aliphatic heterocycles. The van der Waals surface area contributed by atoms with Crippen LogP contribution in [0.1, 0.15) is 30.8 Å². The number of hydrogen-bond acceptors (Lipinski definition) is 4. The molecule has 2 aromatic carbocycles. The van der Waals surface area contributed by atoms with E-state index in [1.54, 1.807) is 48.1 Å². The molecule has 1 aromatic heterocycles. The largest absolute Gasteiger partial charge is 0.485 e. The van der Waals surface area contributed by atoms with Crippen molar-refractivity contribution in [3.63, 3.8) is 0 Å². The first-order valence-corrected chi connectivity index (χ1v) is 10.0. The normalized spacial score (nSPS) is 16.6. The number of rotatable bonds is 5. The molecule has 5 nitrogen and oxygen atoms in total. The van der Waals surface area contributed by atoms with Crippen molar-refractivity contribution in [1.29, 1.82) is 0 Å². The highest BCUT2D eigenvalue weighted by Crippen LogP contribution is 2.31. The number of halogens is 2. The third kappa shape index (κ3) is 4.76. The summed E-state index contributed by atoms with van der Waals surface area (Å²) in [4.78, 5) is 4.10. The number of aliphatic hydroxyl groups excluding tert-OH is 1. The fourth-order valence-electron chi connectivity index (χ4n) is 3.41. The van der Waals surface area contributed by atoms with Gasteiger partial charge in [0.05, 0.1) is 19.8 Å². The molecule has 1 unspecified atom stereocenters. The Balaban J connectivity index is 1.47. The molecule has 1 aliphatic rings. The van der Waals surface area contributed by atoms with Crippen LogP contribution >= 0.6 is 0 Å². The van der Waals surface area contributed by atoms with Crippen LogP contribution in [0, 0.1) is 23.5 Å². The van der Waals surface area contributed by atoms with Gasteiger partial charge in [-0.3, -0.25) is 0 Å². The van der Waals surface area contributed by atoms with E-state index in [4.69, 9.17) is 9.47 Å². The van der Waals surface area contributed by atoms with E-state index in [2.05, 4.69) is 16.8 Å². The van der Waals surface area contributed by atoms with Crippen molar-refractivity contribution in [3.05, 3.63) is 71.8 Å². The minimum absolute atomic E-state index is 0.102. The molecule has 1 saturated heterocycles. The summed E-state index contributed by atoms with van der Waals surface area (Å²) in [6.07, 6.45) is 3.10. The Bertz CT molecular complexity index is 1110. The van der Waals surface area contributed by atoms with Gasteiger partial charge < -0.3 is 19.1 Å². The van der Waals surface area contributed by atoms with Crippen LogP contribution in [0.4, 0.5) is 8.78 Å². The average Bonchev–Trinajstić information content (AvgIpc) is 3.44. The Morgan fingerprint density at radius 1 is 1.23 bits per heavy atom. The van der Waals surface area contributed by atoms with Gasteiger partial charge in [0, 0.05) is 29.9 Å². The molecule has 0 saturated carbocycles. The van der Waals surface area contributed by atoms with Gasteiger partial charge in [0.2, 0.25) is 5.82 Å². The second-order valence-corrected chi connectivity index (χ2v) is 7.31. The minimum atomic E-state index is -0.998. The standard InChI is InChI=1S/C24H22F2N2O3/c1-16(29)24-27-11-13-28(24)12-2-3-17-4-6-18(7-5-17)20-8-9-21(23(26)22(20)25)31-19-10-14-30-15-19/h4-9,11,13,16,19,29H,10,12,14-15H2,1H3/t16?,19-/m0/s1. The predicted octanol–water partition coefficient (Wildman–Crippen LogP) is 4.10. The van der Waals surface area contributed by atoms with Crippen LogP contribution in [0.5, 0.6) is 5.75 Å². The van der Waals surface area contributed by atoms with Crippen LogP contribution in [0.15, 0.2) is 48.8 Å². The van der Waals surface area contributed by atoms with Gasteiger partial charge in [-0.05, 0) is 36.8 Å². The van der Waals surface area contributed by atoms with Crippen LogP contribution in [0.2, 0.25) is 0 Å². The summed E-state index contributed by atoms with van der Waals surface area (Å²) in [5, 5.41) is 9.68. The van der Waals surface area contributed by atoms with Crippen molar-refractivity contribution in [2.24, 2.45) is 0 Å². The van der Waals surface area contributed by atoms with Gasteiger partial charge in [0.15, 0.2) is 11.6 Å². The number of nitrogens with zero attached hydrogens (tertiary/aromatic N) is 2. The first-order chi connectivity index (χ1) is 15.0. The average molecular weight is 424 g/mol. The molecule has 2 atom stereocenters. The maximum absolute atomic E-state index is 14.6. The van der Waals surface area contributed by atoms with Gasteiger partial charge in [0.1, 0.15) is 18.0 Å². The lowest BCUT2D eigenvalue weighted by Crippen LogP contribution is -2.16. The molecular weight excluding hydrogens is 402 g/mol. The number of ether oxygens (including phenoxy) is 2. The van der Waals surface area contributed by atoms with E-state index in [-0.39, 0.29) is 17.4 Å². The highest BCUT2D eigenvalue weighted by atomic mass is 19.2. The predicted molar refractivity (Wildman–Crippen MR) is 111 cm³/mol. The van der Waals surface area contributed by atoms with Gasteiger partial charge >= 0.3 is 0 Å². The van der Waals surface area contributed by atoms with E-state index in [9.17, 15) is 13.9 Å². The zero-order chi connectivity index (χ0) is 21.8. The molecule has 3 aromatic rings. The Morgan fingerprint density at radius 2 is 2.03 bits per heavy atom. The summed E-state index contributed by atoms with van der Waals surface area (Å²) in [5.74, 6) is 4.55. The Labute approximate surface area is 179 Å². The van der Waals surface area contributed by atoms with E-state index in [0.717, 1.165) is 5.56 Å². The van der Waals surface area contributed by atoms with Crippen LogP contribution in [0.25, 0.3) is 11.1 Å². The molecule has 7 heteroatoms. The fourth-order valence-corrected chi connectivity index (χ4v) is 3.41. The molecule has 31 heavy (non-hydrogen) atoms. The number of imidazole rings is 1. The van der Waals surface area contributed by atoms with E-state index >= 15 is 0 Å². The van der Waals surface area contributed by atoms with Gasteiger partial charge in [0.25, 0.3) is 0 Å². The molecule has 4 rings (SSSR count). The van der Waals surface area contributed by atoms with Crippen molar-refractivity contribution in [3.8, 4) is 28.7 Å². The van der Waals surface area contributed by atoms with Crippen molar-refractivity contribution >= 4 is 0 Å². The highest BCUT2D eigenvalue weighted by molar-refractivity contribution is 5.66. The SMILES string of the molecule is CC(O)c1nccn1CC#Cc1ccc(-c2ccc(O[C@H]3CCOC3)c(F)c2F)cc1. The number of aromatic nitrogens is 2. The lowest BCUT2D eigenvalue weighted by Gasteiger charge is -2.14. The van der Waals surface area contributed by atoms with E-state index in [1.807, 2.05) is 0 Å². The smallest absolute Gasteiger partial charge is 0.201 e.